The molecule has 0 heterocycles. The SMILES string of the molecule is CCNC(=O)[C@H](C)N(Cc1cccc(OC)c1)C(=O)CN(c1ccccc1OCC)S(C)(=O)=O. The van der Waals surface area contributed by atoms with Crippen LogP contribution in [-0.2, 0) is 26.2 Å². The summed E-state index contributed by atoms with van der Waals surface area (Å²) in [4.78, 5) is 27.5. The second-order valence-electron chi connectivity index (χ2n) is 7.61. The van der Waals surface area contributed by atoms with Crippen LogP contribution in [0.4, 0.5) is 5.69 Å². The molecule has 0 fully saturated rings. The summed E-state index contributed by atoms with van der Waals surface area (Å²) in [7, 11) is -2.30. The Morgan fingerprint density at radius 1 is 1.09 bits per heavy atom. The van der Waals surface area contributed by atoms with Crippen molar-refractivity contribution < 1.29 is 27.5 Å². The summed E-state index contributed by atoms with van der Waals surface area (Å²) in [6.45, 7) is 5.53. The van der Waals surface area contributed by atoms with Crippen molar-refractivity contribution in [2.24, 2.45) is 0 Å². The van der Waals surface area contributed by atoms with Gasteiger partial charge in [-0.15, -0.1) is 0 Å². The molecule has 0 saturated carbocycles. The van der Waals surface area contributed by atoms with Crippen molar-refractivity contribution in [2.75, 3.05) is 37.4 Å². The Kier molecular flexibility index (Phi) is 9.73. The van der Waals surface area contributed by atoms with Crippen LogP contribution in [-0.4, -0.2) is 64.2 Å². The molecule has 0 aliphatic carbocycles. The average molecular weight is 492 g/mol. The third kappa shape index (κ3) is 7.11. The van der Waals surface area contributed by atoms with Gasteiger partial charge in [0.25, 0.3) is 0 Å². The van der Waals surface area contributed by atoms with Gasteiger partial charge in [0.1, 0.15) is 24.1 Å². The fourth-order valence-electron chi connectivity index (χ4n) is 3.41. The predicted molar refractivity (Wildman–Crippen MR) is 131 cm³/mol. The molecule has 2 rings (SSSR count). The Bertz CT molecular complexity index is 1090. The normalized spacial score (nSPS) is 11.9. The summed E-state index contributed by atoms with van der Waals surface area (Å²) in [6, 6.07) is 12.9. The zero-order chi connectivity index (χ0) is 25.3. The van der Waals surface area contributed by atoms with Gasteiger partial charge in [-0.05, 0) is 50.6 Å². The van der Waals surface area contributed by atoms with Crippen molar-refractivity contribution in [2.45, 2.75) is 33.4 Å². The number of nitrogens with zero attached hydrogens (tertiary/aromatic N) is 2. The fraction of sp³-hybridized carbons (Fsp3) is 0.417. The largest absolute Gasteiger partial charge is 0.497 e. The van der Waals surface area contributed by atoms with E-state index in [0.717, 1.165) is 16.1 Å². The molecule has 34 heavy (non-hydrogen) atoms. The highest BCUT2D eigenvalue weighted by Crippen LogP contribution is 2.30. The molecule has 0 aliphatic heterocycles. The lowest BCUT2D eigenvalue weighted by Gasteiger charge is -2.31. The molecule has 2 aromatic rings. The van der Waals surface area contributed by atoms with E-state index in [-0.39, 0.29) is 18.1 Å². The second-order valence-corrected chi connectivity index (χ2v) is 9.52. The third-order valence-corrected chi connectivity index (χ3v) is 6.24. The molecule has 9 nitrogen and oxygen atoms in total. The molecule has 1 atom stereocenters. The average Bonchev–Trinajstić information content (AvgIpc) is 2.80. The molecule has 2 aromatic carbocycles. The van der Waals surface area contributed by atoms with Crippen LogP contribution in [0.1, 0.15) is 26.3 Å². The number of ether oxygens (including phenoxy) is 2. The lowest BCUT2D eigenvalue weighted by atomic mass is 10.1. The van der Waals surface area contributed by atoms with Gasteiger partial charge in [0.05, 0.1) is 25.7 Å². The van der Waals surface area contributed by atoms with Gasteiger partial charge in [0.15, 0.2) is 0 Å². The van der Waals surface area contributed by atoms with Gasteiger partial charge in [-0.1, -0.05) is 24.3 Å². The maximum atomic E-state index is 13.5. The fourth-order valence-corrected chi connectivity index (χ4v) is 4.26. The summed E-state index contributed by atoms with van der Waals surface area (Å²) in [5, 5.41) is 2.72. The molecule has 1 N–H and O–H groups in total. The summed E-state index contributed by atoms with van der Waals surface area (Å²) < 4.78 is 37.2. The van der Waals surface area contributed by atoms with Crippen molar-refractivity contribution in [3.63, 3.8) is 0 Å². The molecule has 0 aromatic heterocycles. The van der Waals surface area contributed by atoms with E-state index in [1.165, 1.54) is 4.90 Å². The first kappa shape index (κ1) is 27.0. The van der Waals surface area contributed by atoms with E-state index in [1.54, 1.807) is 70.3 Å². The van der Waals surface area contributed by atoms with Crippen molar-refractivity contribution in [1.82, 2.24) is 10.2 Å². The molecular weight excluding hydrogens is 458 g/mol. The van der Waals surface area contributed by atoms with Crippen LogP contribution in [0.5, 0.6) is 11.5 Å². The van der Waals surface area contributed by atoms with Crippen LogP contribution < -0.4 is 19.1 Å². The van der Waals surface area contributed by atoms with Gasteiger partial charge in [-0.2, -0.15) is 0 Å². The monoisotopic (exact) mass is 491 g/mol. The summed E-state index contributed by atoms with van der Waals surface area (Å²) in [6.07, 6.45) is 1.03. The highest BCUT2D eigenvalue weighted by Gasteiger charge is 2.31. The van der Waals surface area contributed by atoms with E-state index in [4.69, 9.17) is 9.47 Å². The third-order valence-electron chi connectivity index (χ3n) is 5.12. The van der Waals surface area contributed by atoms with Gasteiger partial charge in [0, 0.05) is 13.1 Å². The number of carbonyl (C=O) groups excluding carboxylic acids is 2. The maximum Gasteiger partial charge on any atom is 0.244 e. The Balaban J connectivity index is 2.44. The first-order chi connectivity index (χ1) is 16.1. The minimum absolute atomic E-state index is 0.0963. The summed E-state index contributed by atoms with van der Waals surface area (Å²) >= 11 is 0. The molecule has 0 saturated heterocycles. The smallest absolute Gasteiger partial charge is 0.244 e. The van der Waals surface area contributed by atoms with Gasteiger partial charge >= 0.3 is 0 Å². The number of sulfonamides is 1. The van der Waals surface area contributed by atoms with E-state index in [9.17, 15) is 18.0 Å². The van der Waals surface area contributed by atoms with Crippen LogP contribution in [0, 0.1) is 0 Å². The molecule has 0 aliphatic rings. The number of likely N-dealkylation sites (N-methyl/N-ethyl adjacent to an activating group) is 1. The number of anilines is 1. The van der Waals surface area contributed by atoms with Gasteiger partial charge in [-0.3, -0.25) is 13.9 Å². The van der Waals surface area contributed by atoms with Crippen molar-refractivity contribution >= 4 is 27.5 Å². The van der Waals surface area contributed by atoms with Crippen LogP contribution in [0.3, 0.4) is 0 Å². The maximum absolute atomic E-state index is 13.5. The van der Waals surface area contributed by atoms with E-state index in [0.29, 0.717) is 24.7 Å². The lowest BCUT2D eigenvalue weighted by Crippen LogP contribution is -2.51. The number of amides is 2. The van der Waals surface area contributed by atoms with Crippen LogP contribution in [0.25, 0.3) is 0 Å². The number of nitrogens with one attached hydrogen (secondary N) is 1. The number of benzene rings is 2. The van der Waals surface area contributed by atoms with E-state index in [1.807, 2.05) is 6.07 Å². The van der Waals surface area contributed by atoms with Gasteiger partial charge < -0.3 is 19.7 Å². The second kappa shape index (κ2) is 12.3. The Hall–Kier alpha value is -3.27. The Morgan fingerprint density at radius 2 is 1.79 bits per heavy atom. The Morgan fingerprint density at radius 3 is 2.41 bits per heavy atom. The minimum Gasteiger partial charge on any atom is -0.497 e. The molecular formula is C24H33N3O6S. The summed E-state index contributed by atoms with van der Waals surface area (Å²) in [5.41, 5.74) is 0.997. The van der Waals surface area contributed by atoms with Gasteiger partial charge in [0.2, 0.25) is 21.8 Å². The standard InChI is InChI=1S/C24H33N3O6S/c1-6-25-24(29)18(3)26(16-19-11-10-12-20(15-19)32-4)23(28)17-27(34(5,30)31)21-13-8-9-14-22(21)33-7-2/h8-15,18H,6-7,16-17H2,1-5H3,(H,25,29)/t18-/m0/s1. The zero-order valence-electron chi connectivity index (χ0n) is 20.3. The minimum atomic E-state index is -3.84. The first-order valence-corrected chi connectivity index (χ1v) is 12.9. The quantitative estimate of drug-likeness (QED) is 0.489. The first-order valence-electron chi connectivity index (χ1n) is 11.0. The highest BCUT2D eigenvalue weighted by molar-refractivity contribution is 7.92. The van der Waals surface area contributed by atoms with Crippen LogP contribution >= 0.6 is 0 Å². The number of hydrogen-bond acceptors (Lipinski definition) is 6. The number of rotatable bonds is 12. The number of methoxy groups -OCH3 is 1. The van der Waals surface area contributed by atoms with Crippen molar-refractivity contribution in [1.29, 1.82) is 0 Å². The van der Waals surface area contributed by atoms with Crippen LogP contribution in [0.2, 0.25) is 0 Å². The van der Waals surface area contributed by atoms with E-state index < -0.39 is 28.5 Å². The molecule has 10 heteroatoms. The van der Waals surface area contributed by atoms with Crippen LogP contribution in [0.15, 0.2) is 48.5 Å². The summed E-state index contributed by atoms with van der Waals surface area (Å²) in [5.74, 6) is 0.0935. The zero-order valence-corrected chi connectivity index (χ0v) is 21.1. The van der Waals surface area contributed by atoms with E-state index >= 15 is 0 Å². The molecule has 186 valence electrons. The highest BCUT2D eigenvalue weighted by atomic mass is 32.2. The molecule has 0 bridgehead atoms. The molecule has 0 spiro atoms. The number of para-hydroxylation sites is 2. The van der Waals surface area contributed by atoms with Crippen molar-refractivity contribution in [3.8, 4) is 11.5 Å². The number of hydrogen-bond donors (Lipinski definition) is 1. The van der Waals surface area contributed by atoms with Gasteiger partial charge in [-0.25, -0.2) is 8.42 Å². The lowest BCUT2D eigenvalue weighted by molar-refractivity contribution is -0.139. The molecule has 0 radical (unpaired) electrons. The van der Waals surface area contributed by atoms with E-state index in [2.05, 4.69) is 5.32 Å². The molecule has 2 amide bonds. The molecule has 0 unspecified atom stereocenters. The Labute approximate surface area is 201 Å². The van der Waals surface area contributed by atoms with Crippen molar-refractivity contribution in [3.05, 3.63) is 54.1 Å². The topological polar surface area (TPSA) is 105 Å². The predicted octanol–water partition coefficient (Wildman–Crippen LogP) is 2.41. The number of carbonyl (C=O) groups is 2.